The molecule has 0 saturated carbocycles. The maximum atomic E-state index is 12.7. The zero-order valence-electron chi connectivity index (χ0n) is 54.1. The lowest BCUT2D eigenvalue weighted by Gasteiger charge is -2.51. The summed E-state index contributed by atoms with van der Waals surface area (Å²) in [6.07, 6.45) is -86.2. The third-order valence-corrected chi connectivity index (χ3v) is 19.1. The lowest BCUT2D eigenvalue weighted by Crippen LogP contribution is -2.70. The van der Waals surface area contributed by atoms with Crippen molar-refractivity contribution in [3.05, 3.63) is 0 Å². The molecule has 0 aliphatic carbocycles. The molecule has 45 atom stereocenters. The summed E-state index contributed by atoms with van der Waals surface area (Å²) in [5.74, 6) is -0.872. The van der Waals surface area contributed by atoms with Crippen molar-refractivity contribution in [2.45, 2.75) is 290 Å². The van der Waals surface area contributed by atoms with E-state index < -0.39 is 335 Å². The summed E-state index contributed by atoms with van der Waals surface area (Å²) in [5.41, 5.74) is 0. The van der Waals surface area contributed by atoms with E-state index >= 15 is 0 Å². The molecule has 0 spiro atoms. The van der Waals surface area contributed by atoms with E-state index in [1.54, 1.807) is 0 Å². The number of ether oxygens (including phenoxy) is 17. The van der Waals surface area contributed by atoms with Gasteiger partial charge in [-0.1, -0.05) is 0 Å². The van der Waals surface area contributed by atoms with Crippen LogP contribution in [0.15, 0.2) is 0 Å². The molecule has 0 bridgehead atoms. The van der Waals surface area contributed by atoms with E-state index in [0.29, 0.717) is 0 Å². The highest BCUT2D eigenvalue weighted by Crippen LogP contribution is 2.40. The molecule has 9 saturated heterocycles. The minimum absolute atomic E-state index is 0.861. The van der Waals surface area contributed by atoms with Gasteiger partial charge in [0.2, 0.25) is 5.91 Å². The van der Waals surface area contributed by atoms with Gasteiger partial charge in [0.1, 0.15) is 214 Å². The number of hydrogen-bond donors (Lipinski definition) is 28. The Labute approximate surface area is 576 Å². The van der Waals surface area contributed by atoms with Crippen molar-refractivity contribution in [3.8, 4) is 0 Å². The predicted octanol–water partition coefficient (Wildman–Crippen LogP) is -19.5. The number of amides is 1. The number of aliphatic hydroxyl groups excluding tert-OH is 27. The Balaban J connectivity index is 0.825. The van der Waals surface area contributed by atoms with Gasteiger partial charge in [0.25, 0.3) is 0 Å². The maximum Gasteiger partial charge on any atom is 0.217 e. The van der Waals surface area contributed by atoms with Crippen molar-refractivity contribution in [2.24, 2.45) is 0 Å². The van der Waals surface area contributed by atoms with Gasteiger partial charge in [-0.3, -0.25) is 4.79 Å². The molecule has 28 N–H and O–H groups in total. The van der Waals surface area contributed by atoms with Gasteiger partial charge in [-0.15, -0.1) is 0 Å². The highest BCUT2D eigenvalue weighted by Gasteiger charge is 2.60. The molecule has 9 rings (SSSR count). The molecule has 1 unspecified atom stereocenters. The average Bonchev–Trinajstić information content (AvgIpc) is 0.775. The quantitative estimate of drug-likeness (QED) is 0.0377. The molecule has 9 heterocycles. The van der Waals surface area contributed by atoms with Gasteiger partial charge in [-0.05, 0) is 6.92 Å². The number of rotatable bonds is 25. The zero-order chi connectivity index (χ0) is 74.9. The minimum atomic E-state index is -2.33. The highest BCUT2D eigenvalue weighted by molar-refractivity contribution is 5.73. The monoisotopic (exact) mass is 1510 g/mol. The number of nitrogens with one attached hydrogen (secondary N) is 1. The largest absolute Gasteiger partial charge is 0.394 e. The molecule has 0 aromatic heterocycles. The van der Waals surface area contributed by atoms with Gasteiger partial charge in [0, 0.05) is 6.92 Å². The molecule has 46 heteroatoms. The summed E-state index contributed by atoms with van der Waals surface area (Å²) >= 11 is 0. The van der Waals surface area contributed by atoms with E-state index in [2.05, 4.69) is 5.32 Å². The van der Waals surface area contributed by atoms with Crippen LogP contribution < -0.4 is 5.32 Å². The van der Waals surface area contributed by atoms with Gasteiger partial charge in [-0.25, -0.2) is 0 Å². The first kappa shape index (κ1) is 83.7. The Bertz CT molecular complexity index is 2560. The summed E-state index contributed by atoms with van der Waals surface area (Å²) in [5, 5.41) is 294. The third-order valence-electron chi connectivity index (χ3n) is 19.1. The summed E-state index contributed by atoms with van der Waals surface area (Å²) in [4.78, 5) is 12.7. The van der Waals surface area contributed by atoms with Crippen molar-refractivity contribution in [1.29, 1.82) is 0 Å². The van der Waals surface area contributed by atoms with E-state index in [1.165, 1.54) is 6.92 Å². The van der Waals surface area contributed by atoms with Crippen molar-refractivity contribution in [3.63, 3.8) is 0 Å². The lowest BCUT2D eigenvalue weighted by molar-refractivity contribution is -0.398. The fraction of sp³-hybridized carbons (Fsp3) is 0.982. The topological polar surface area (TPSA) is 732 Å². The molecule has 0 radical (unpaired) electrons. The Morgan fingerprint density at radius 2 is 0.461 bits per heavy atom. The van der Waals surface area contributed by atoms with Gasteiger partial charge in [-0.2, -0.15) is 0 Å². The Kier molecular flexibility index (Phi) is 29.6. The summed E-state index contributed by atoms with van der Waals surface area (Å²) in [7, 11) is 0. The van der Waals surface area contributed by atoms with E-state index in [-0.39, 0.29) is 0 Å². The van der Waals surface area contributed by atoms with Crippen molar-refractivity contribution >= 4 is 5.91 Å². The smallest absolute Gasteiger partial charge is 0.217 e. The number of carbonyl (C=O) groups excluding carboxylic acids is 1. The molecule has 0 aromatic carbocycles. The van der Waals surface area contributed by atoms with Crippen LogP contribution in [-0.2, 0) is 85.3 Å². The number of hydrogen-bond acceptors (Lipinski definition) is 45. The molecule has 102 heavy (non-hydrogen) atoms. The first-order valence-electron chi connectivity index (χ1n) is 32.5. The van der Waals surface area contributed by atoms with Crippen LogP contribution in [0.2, 0.25) is 0 Å². The third kappa shape index (κ3) is 17.3. The normalized spacial score (nSPS) is 52.8. The molecular weight excluding hydrogens is 1410 g/mol. The van der Waals surface area contributed by atoms with Crippen molar-refractivity contribution in [2.75, 3.05) is 52.9 Å². The van der Waals surface area contributed by atoms with E-state index in [1.807, 2.05) is 0 Å². The predicted molar refractivity (Wildman–Crippen MR) is 307 cm³/mol. The number of carbonyl (C=O) groups is 1. The van der Waals surface area contributed by atoms with Crippen LogP contribution in [0.3, 0.4) is 0 Å². The van der Waals surface area contributed by atoms with E-state index in [9.17, 15) is 143 Å². The molecule has 9 fully saturated rings. The Morgan fingerprint density at radius 1 is 0.255 bits per heavy atom. The second kappa shape index (κ2) is 36.0. The van der Waals surface area contributed by atoms with Crippen LogP contribution in [0, 0.1) is 0 Å². The van der Waals surface area contributed by atoms with Crippen LogP contribution in [0.1, 0.15) is 13.8 Å². The molecule has 1 amide bonds. The molecule has 0 aromatic rings. The molecule has 594 valence electrons. The van der Waals surface area contributed by atoms with Crippen molar-refractivity contribution in [1.82, 2.24) is 5.32 Å². The van der Waals surface area contributed by atoms with E-state index in [0.717, 1.165) is 6.92 Å². The van der Waals surface area contributed by atoms with Crippen LogP contribution in [0.25, 0.3) is 0 Å². The second-order valence-electron chi connectivity index (χ2n) is 25.9. The Hall–Kier alpha value is -2.29. The molecular formula is C56H95NO45. The first-order chi connectivity index (χ1) is 48.3. The molecule has 9 aliphatic heterocycles. The van der Waals surface area contributed by atoms with E-state index in [4.69, 9.17) is 80.5 Å². The van der Waals surface area contributed by atoms with Gasteiger partial charge in [0.05, 0.1) is 59.0 Å². The van der Waals surface area contributed by atoms with Gasteiger partial charge in [0.15, 0.2) is 56.6 Å². The fourth-order valence-electron chi connectivity index (χ4n) is 13.4. The van der Waals surface area contributed by atoms with Gasteiger partial charge >= 0.3 is 0 Å². The lowest BCUT2D eigenvalue weighted by atomic mass is 9.94. The van der Waals surface area contributed by atoms with Gasteiger partial charge < -0.3 is 224 Å². The summed E-state index contributed by atoms with van der Waals surface area (Å²) in [6.45, 7) is -5.89. The van der Waals surface area contributed by atoms with Crippen LogP contribution in [-0.4, -0.2) is 473 Å². The first-order valence-corrected chi connectivity index (χ1v) is 32.5. The SMILES string of the molecule is CC(=O)N[C@H]1C(O)O[C@H](CO)[C@@H](O[C@@H]2O[C@H](CO)[C@@H](O[13C@@H]3O[13C@H]([13CH2]O)[13C@@H](O[C@@H]4O[C@H](CO)[C@@H](O[C@@H]5O[C@H](CO)[C@@H](O)[C@H](O)[C@H]5O)[C@H](O)[C@H]4O)[13C@H](O)[13C@H]3O)[C@H](O)[C@H]2O)[C@@H]1O[C@@H]1O[C@@H](C)[C@H](O[C@@H]2O[C@H](CO)[C@@H](O[C@@H]3O[C@H](CO)[C@@H](O[C@@H]4O[C@H](CO)[C@@H](O)[C@H](O)[C@H]4O)[C@H](O)[C@H]3O)[C@H](O)[C@H]2O)[C@@H](O)[C@H]1O. The standard InChI is InChI=1S/C56H95NO45/c1-11-40(95-52-35(80)27(72)43(15(5-60)90-52)98-53-36(81)28(73)41(16(6-61)91-53)96-50-32(77)24(69)22(67)13(3-58)88-50)26(71)34(79)49(86-11)102-47-21(57-12(2)66)48(85)87-20(10-65)46(47)101-56-39(84)31(76)45(19(9-64)94-56)100-55-38(83)30(75)44(18(8-63)93-55)99-54-37(82)29(74)42(17(7-62)92-54)97-51-33(78)25(70)23(68)14(4-59)89-51/h11,13-56,58-65,67-85H,3-10H2,1-2H3,(H,57,66)/t11-,13+,14+,15+,16+,17+,18+,19+,20+,21+,22+,23+,24-,25-,26-,27+,28+,29+,30+,31+,32+,33+,34+,35+,36+,37+,38+,39+,40-,41+,42+,43+,44+,45+,46+,47+,48?,49-,50-,51-,52-,53-,54-,55-,56-/m0/s1/i8+1,18+1,30+1,38+1,44+1,55+1. The second-order valence-corrected chi connectivity index (χ2v) is 25.9. The van der Waals surface area contributed by atoms with Crippen LogP contribution in [0.4, 0.5) is 0 Å². The molecule has 46 nitrogen and oxygen atoms in total. The summed E-state index contributed by atoms with van der Waals surface area (Å²) < 4.78 is 96.9. The van der Waals surface area contributed by atoms with Crippen LogP contribution >= 0.6 is 0 Å². The van der Waals surface area contributed by atoms with Crippen LogP contribution in [0.5, 0.6) is 0 Å². The minimum Gasteiger partial charge on any atom is -0.394 e. The Morgan fingerprint density at radius 3 is 0.725 bits per heavy atom. The van der Waals surface area contributed by atoms with Crippen molar-refractivity contribution < 1.29 is 223 Å². The highest BCUT2D eigenvalue weighted by atomic mass is 16.9. The summed E-state index contributed by atoms with van der Waals surface area (Å²) in [6, 6.07) is -1.79. The fourth-order valence-corrected chi connectivity index (χ4v) is 13.4. The zero-order valence-corrected chi connectivity index (χ0v) is 54.1. The molecule has 9 aliphatic rings. The average molecular weight is 1510 g/mol. The maximum absolute atomic E-state index is 12.7. The number of aliphatic hydroxyl groups is 27.